The maximum absolute atomic E-state index is 13.2. The van der Waals surface area contributed by atoms with Gasteiger partial charge in [0.05, 0.1) is 28.9 Å². The van der Waals surface area contributed by atoms with Gasteiger partial charge in [0.25, 0.3) is 0 Å². The fourth-order valence-electron chi connectivity index (χ4n) is 4.65. The smallest absolute Gasteiger partial charge is 0.243 e. The summed E-state index contributed by atoms with van der Waals surface area (Å²) in [6.45, 7) is 3.02. The van der Waals surface area contributed by atoms with Gasteiger partial charge in [0.2, 0.25) is 10.0 Å². The molecule has 3 heterocycles. The molecule has 2 aromatic carbocycles. The van der Waals surface area contributed by atoms with Crippen molar-refractivity contribution >= 4 is 15.7 Å². The summed E-state index contributed by atoms with van der Waals surface area (Å²) in [5.74, 6) is 0.646. The minimum absolute atomic E-state index is 0.268. The lowest BCUT2D eigenvalue weighted by atomic mass is 9.83. The Bertz CT molecular complexity index is 1190. The molecule has 3 aromatic rings. The molecule has 1 spiro atoms. The summed E-state index contributed by atoms with van der Waals surface area (Å²) < 4.78 is 35.3. The fourth-order valence-corrected chi connectivity index (χ4v) is 6.09. The van der Waals surface area contributed by atoms with E-state index in [1.54, 1.807) is 35.7 Å². The molecule has 7 heteroatoms. The SMILES string of the molecule is COc1ccc(S(=O)(=O)N2CCC3(CC2)Nc2cc(C)ccc2-n2cccc23)cc1. The zero-order valence-corrected chi connectivity index (χ0v) is 17.9. The summed E-state index contributed by atoms with van der Waals surface area (Å²) in [4.78, 5) is 0.306. The molecule has 6 nitrogen and oxygen atoms in total. The minimum atomic E-state index is -3.53. The van der Waals surface area contributed by atoms with Gasteiger partial charge in [0.15, 0.2) is 0 Å². The maximum Gasteiger partial charge on any atom is 0.243 e. The summed E-state index contributed by atoms with van der Waals surface area (Å²) in [5.41, 5.74) is 4.37. The van der Waals surface area contributed by atoms with E-state index in [-0.39, 0.29) is 5.54 Å². The number of fused-ring (bicyclic) bond motifs is 4. The number of aryl methyl sites for hydroxylation is 1. The largest absolute Gasteiger partial charge is 0.497 e. The second-order valence-electron chi connectivity index (χ2n) is 8.07. The van der Waals surface area contributed by atoms with Gasteiger partial charge in [0.1, 0.15) is 5.75 Å². The number of hydrogen-bond acceptors (Lipinski definition) is 4. The number of aromatic nitrogens is 1. The Morgan fingerprint density at radius 1 is 1.03 bits per heavy atom. The average molecular weight is 424 g/mol. The predicted octanol–water partition coefficient (Wildman–Crippen LogP) is 3.90. The van der Waals surface area contributed by atoms with E-state index in [1.807, 2.05) is 0 Å². The van der Waals surface area contributed by atoms with Gasteiger partial charge < -0.3 is 14.6 Å². The van der Waals surface area contributed by atoms with Crippen LogP contribution in [0.3, 0.4) is 0 Å². The van der Waals surface area contributed by atoms with E-state index in [4.69, 9.17) is 4.74 Å². The van der Waals surface area contributed by atoms with Crippen molar-refractivity contribution < 1.29 is 13.2 Å². The van der Waals surface area contributed by atoms with E-state index < -0.39 is 10.0 Å². The Morgan fingerprint density at radius 2 is 1.77 bits per heavy atom. The first-order valence-corrected chi connectivity index (χ1v) is 11.6. The number of rotatable bonds is 3. The van der Waals surface area contributed by atoms with Crippen LogP contribution in [0.5, 0.6) is 5.75 Å². The third-order valence-corrected chi connectivity index (χ3v) is 8.21. The average Bonchev–Trinajstić information content (AvgIpc) is 3.25. The summed E-state index contributed by atoms with van der Waals surface area (Å²) in [7, 11) is -1.96. The highest BCUT2D eigenvalue weighted by molar-refractivity contribution is 7.89. The van der Waals surface area contributed by atoms with Gasteiger partial charge in [-0.2, -0.15) is 4.31 Å². The lowest BCUT2D eigenvalue weighted by Gasteiger charge is -2.46. The number of nitrogens with zero attached hydrogens (tertiary/aromatic N) is 2. The number of anilines is 1. The maximum atomic E-state index is 13.2. The third-order valence-electron chi connectivity index (χ3n) is 6.30. The van der Waals surface area contributed by atoms with E-state index in [1.165, 1.54) is 11.3 Å². The standard InChI is InChI=1S/C23H25N3O3S/c1-17-5-10-21-20(16-17)24-23(22-4-3-13-26(21)22)11-14-25(15-12-23)30(27,28)19-8-6-18(29-2)7-9-19/h3-10,13,16,24H,11-12,14-15H2,1-2H3. The van der Waals surface area contributed by atoms with Crippen molar-refractivity contribution in [3.8, 4) is 11.4 Å². The van der Waals surface area contributed by atoms with Gasteiger partial charge >= 0.3 is 0 Å². The molecule has 0 saturated carbocycles. The van der Waals surface area contributed by atoms with Gasteiger partial charge in [0, 0.05) is 25.0 Å². The van der Waals surface area contributed by atoms with Crippen molar-refractivity contribution in [2.75, 3.05) is 25.5 Å². The highest BCUT2D eigenvalue weighted by Gasteiger charge is 2.43. The van der Waals surface area contributed by atoms with Crippen LogP contribution in [0.1, 0.15) is 24.1 Å². The molecule has 1 fully saturated rings. The Morgan fingerprint density at radius 3 is 2.47 bits per heavy atom. The zero-order valence-electron chi connectivity index (χ0n) is 17.1. The van der Waals surface area contributed by atoms with Crippen molar-refractivity contribution in [2.45, 2.75) is 30.2 Å². The number of benzene rings is 2. The fraction of sp³-hybridized carbons (Fsp3) is 0.304. The number of hydrogen-bond donors (Lipinski definition) is 1. The number of nitrogens with one attached hydrogen (secondary N) is 1. The molecular weight excluding hydrogens is 398 g/mol. The molecule has 30 heavy (non-hydrogen) atoms. The Labute approximate surface area is 177 Å². The summed E-state index contributed by atoms with van der Waals surface area (Å²) in [6.07, 6.45) is 3.51. The second-order valence-corrected chi connectivity index (χ2v) is 10.0. The third kappa shape index (κ3) is 2.92. The second kappa shape index (κ2) is 6.89. The van der Waals surface area contributed by atoms with Crippen LogP contribution in [-0.2, 0) is 15.6 Å². The Balaban J connectivity index is 1.43. The molecule has 0 unspecified atom stereocenters. The minimum Gasteiger partial charge on any atom is -0.497 e. The molecular formula is C23H25N3O3S. The first kappa shape index (κ1) is 19.2. The first-order chi connectivity index (χ1) is 14.4. The van der Waals surface area contributed by atoms with Crippen LogP contribution in [0.2, 0.25) is 0 Å². The monoisotopic (exact) mass is 423 g/mol. The lowest BCUT2D eigenvalue weighted by molar-refractivity contribution is 0.247. The van der Waals surface area contributed by atoms with Crippen molar-refractivity contribution in [3.63, 3.8) is 0 Å². The van der Waals surface area contributed by atoms with E-state index in [2.05, 4.69) is 53.3 Å². The van der Waals surface area contributed by atoms with Crippen LogP contribution >= 0.6 is 0 Å². The van der Waals surface area contributed by atoms with Gasteiger partial charge in [-0.3, -0.25) is 0 Å². The van der Waals surface area contributed by atoms with E-state index >= 15 is 0 Å². The van der Waals surface area contributed by atoms with Crippen LogP contribution in [0, 0.1) is 6.92 Å². The van der Waals surface area contributed by atoms with Gasteiger partial charge in [-0.25, -0.2) is 8.42 Å². The molecule has 1 N–H and O–H groups in total. The Kier molecular flexibility index (Phi) is 4.41. The molecule has 0 aliphatic carbocycles. The van der Waals surface area contributed by atoms with E-state index in [9.17, 15) is 8.42 Å². The van der Waals surface area contributed by atoms with Crippen LogP contribution in [-0.4, -0.2) is 37.5 Å². The van der Waals surface area contributed by atoms with Crippen molar-refractivity contribution in [2.24, 2.45) is 0 Å². The molecule has 1 saturated heterocycles. The molecule has 156 valence electrons. The van der Waals surface area contributed by atoms with Crippen molar-refractivity contribution in [1.29, 1.82) is 0 Å². The first-order valence-electron chi connectivity index (χ1n) is 10.1. The summed E-state index contributed by atoms with van der Waals surface area (Å²) in [6, 6.07) is 17.2. The highest BCUT2D eigenvalue weighted by atomic mass is 32.2. The predicted molar refractivity (Wildman–Crippen MR) is 117 cm³/mol. The Hall–Kier alpha value is -2.77. The number of ether oxygens (including phenoxy) is 1. The normalized spacial score (nSPS) is 17.8. The number of sulfonamides is 1. The van der Waals surface area contributed by atoms with Crippen LogP contribution in [0.4, 0.5) is 5.69 Å². The lowest BCUT2D eigenvalue weighted by Crippen LogP contribution is -2.51. The molecule has 0 radical (unpaired) electrons. The zero-order chi connectivity index (χ0) is 20.9. The van der Waals surface area contributed by atoms with Crippen molar-refractivity contribution in [3.05, 3.63) is 72.1 Å². The molecule has 0 atom stereocenters. The van der Waals surface area contributed by atoms with Gasteiger partial charge in [-0.05, 0) is 73.9 Å². The molecule has 0 bridgehead atoms. The van der Waals surface area contributed by atoms with Gasteiger partial charge in [-0.15, -0.1) is 0 Å². The van der Waals surface area contributed by atoms with E-state index in [0.29, 0.717) is 36.6 Å². The molecule has 0 amide bonds. The molecule has 2 aliphatic rings. The quantitative estimate of drug-likeness (QED) is 0.694. The molecule has 2 aliphatic heterocycles. The van der Waals surface area contributed by atoms with Crippen LogP contribution < -0.4 is 10.1 Å². The summed E-state index contributed by atoms with van der Waals surface area (Å²) >= 11 is 0. The number of methoxy groups -OCH3 is 1. The molecule has 5 rings (SSSR count). The number of piperidine rings is 1. The van der Waals surface area contributed by atoms with Crippen LogP contribution in [0.25, 0.3) is 5.69 Å². The van der Waals surface area contributed by atoms with Gasteiger partial charge in [-0.1, -0.05) is 6.07 Å². The van der Waals surface area contributed by atoms with E-state index in [0.717, 1.165) is 11.4 Å². The van der Waals surface area contributed by atoms with Crippen LogP contribution in [0.15, 0.2) is 65.7 Å². The summed E-state index contributed by atoms with van der Waals surface area (Å²) in [5, 5.41) is 3.76. The van der Waals surface area contributed by atoms with Crippen molar-refractivity contribution in [1.82, 2.24) is 8.87 Å². The highest BCUT2D eigenvalue weighted by Crippen LogP contribution is 2.44. The topological polar surface area (TPSA) is 63.6 Å². The molecule has 1 aromatic heterocycles.